The molecule has 0 saturated carbocycles. The summed E-state index contributed by atoms with van der Waals surface area (Å²) in [7, 11) is 0. The molecule has 3 heterocycles. The lowest BCUT2D eigenvalue weighted by molar-refractivity contribution is -0.132. The van der Waals surface area contributed by atoms with Gasteiger partial charge in [0.25, 0.3) is 5.56 Å². The van der Waals surface area contributed by atoms with Crippen molar-refractivity contribution in [3.8, 4) is 0 Å². The van der Waals surface area contributed by atoms with E-state index < -0.39 is 0 Å². The second kappa shape index (κ2) is 7.59. The second-order valence-electron chi connectivity index (χ2n) is 6.08. The number of aromatic nitrogens is 2. The predicted molar refractivity (Wildman–Crippen MR) is 86.6 cm³/mol. The van der Waals surface area contributed by atoms with Gasteiger partial charge in [-0.05, 0) is 18.9 Å². The number of amides is 1. The summed E-state index contributed by atoms with van der Waals surface area (Å²) in [6.07, 6.45) is 4.44. The van der Waals surface area contributed by atoms with Crippen LogP contribution in [-0.2, 0) is 16.1 Å². The fourth-order valence-electron chi connectivity index (χ4n) is 3.06. The van der Waals surface area contributed by atoms with Crippen LogP contribution in [0.5, 0.6) is 0 Å². The molecule has 0 spiro atoms. The molecule has 1 amide bonds. The summed E-state index contributed by atoms with van der Waals surface area (Å²) in [5.41, 5.74) is -0.231. The van der Waals surface area contributed by atoms with Crippen LogP contribution in [0.2, 0.25) is 0 Å². The molecule has 0 N–H and O–H groups in total. The highest BCUT2D eigenvalue weighted by molar-refractivity contribution is 5.75. The van der Waals surface area contributed by atoms with Crippen LogP contribution < -0.4 is 10.5 Å². The maximum Gasteiger partial charge on any atom is 0.267 e. The van der Waals surface area contributed by atoms with Crippen molar-refractivity contribution in [2.45, 2.75) is 32.2 Å². The van der Waals surface area contributed by atoms with E-state index in [1.54, 1.807) is 6.07 Å². The molecule has 0 unspecified atom stereocenters. The van der Waals surface area contributed by atoms with E-state index >= 15 is 0 Å². The Kier molecular flexibility index (Phi) is 5.27. The maximum absolute atomic E-state index is 12.5. The summed E-state index contributed by atoms with van der Waals surface area (Å²) < 4.78 is 6.62. The quantitative estimate of drug-likeness (QED) is 0.810. The first kappa shape index (κ1) is 16.0. The molecule has 2 saturated heterocycles. The van der Waals surface area contributed by atoms with Crippen LogP contribution in [0.25, 0.3) is 0 Å². The summed E-state index contributed by atoms with van der Waals surface area (Å²) in [6.45, 7) is 4.43. The normalized spacial score (nSPS) is 19.5. The van der Waals surface area contributed by atoms with Crippen molar-refractivity contribution in [3.05, 3.63) is 22.5 Å². The Morgan fingerprint density at radius 3 is 2.43 bits per heavy atom. The standard InChI is InChI=1S/C16H24N4O3/c21-15-6-5-14(18-9-11-23-12-10-18)17-20(15)13-16(22)19-7-3-1-2-4-8-19/h5-6H,1-4,7-13H2. The number of likely N-dealkylation sites (tertiary alicyclic amines) is 1. The van der Waals surface area contributed by atoms with Gasteiger partial charge < -0.3 is 14.5 Å². The van der Waals surface area contributed by atoms with Crippen molar-refractivity contribution in [1.29, 1.82) is 0 Å². The van der Waals surface area contributed by atoms with Crippen LogP contribution in [0.15, 0.2) is 16.9 Å². The fourth-order valence-corrected chi connectivity index (χ4v) is 3.06. The van der Waals surface area contributed by atoms with Crippen LogP contribution in [0.1, 0.15) is 25.7 Å². The lowest BCUT2D eigenvalue weighted by Crippen LogP contribution is -2.40. The predicted octanol–water partition coefficient (Wildman–Crippen LogP) is 0.482. The number of carbonyl (C=O) groups is 1. The fraction of sp³-hybridized carbons (Fsp3) is 0.688. The van der Waals surface area contributed by atoms with Gasteiger partial charge in [-0.15, -0.1) is 0 Å². The van der Waals surface area contributed by atoms with Gasteiger partial charge in [0.1, 0.15) is 12.4 Å². The number of morpholine rings is 1. The molecule has 2 fully saturated rings. The molecule has 7 nitrogen and oxygen atoms in total. The van der Waals surface area contributed by atoms with Gasteiger partial charge in [-0.25, -0.2) is 4.68 Å². The molecule has 0 aromatic carbocycles. The first-order chi connectivity index (χ1) is 11.2. The van der Waals surface area contributed by atoms with E-state index in [0.29, 0.717) is 13.2 Å². The van der Waals surface area contributed by atoms with Crippen molar-refractivity contribution < 1.29 is 9.53 Å². The summed E-state index contributed by atoms with van der Waals surface area (Å²) in [6, 6.07) is 3.22. The Balaban J connectivity index is 1.70. The molecule has 1 aromatic heterocycles. The Bertz CT molecular complexity index is 587. The van der Waals surface area contributed by atoms with Gasteiger partial charge in [-0.3, -0.25) is 9.59 Å². The Morgan fingerprint density at radius 1 is 1.04 bits per heavy atom. The van der Waals surface area contributed by atoms with Crippen molar-refractivity contribution >= 4 is 11.7 Å². The summed E-state index contributed by atoms with van der Waals surface area (Å²) >= 11 is 0. The van der Waals surface area contributed by atoms with Gasteiger partial charge in [0.15, 0.2) is 0 Å². The number of hydrogen-bond acceptors (Lipinski definition) is 5. The third-order valence-electron chi connectivity index (χ3n) is 4.43. The molecule has 23 heavy (non-hydrogen) atoms. The van der Waals surface area contributed by atoms with Crippen molar-refractivity contribution in [3.63, 3.8) is 0 Å². The molecule has 0 aliphatic carbocycles. The minimum absolute atomic E-state index is 0.0133. The molecular formula is C16H24N4O3. The Hall–Kier alpha value is -1.89. The zero-order chi connectivity index (χ0) is 16.1. The third kappa shape index (κ3) is 4.10. The highest BCUT2D eigenvalue weighted by Crippen LogP contribution is 2.12. The number of ether oxygens (including phenoxy) is 1. The molecule has 0 bridgehead atoms. The van der Waals surface area contributed by atoms with Crippen LogP contribution in [0.4, 0.5) is 5.82 Å². The molecule has 0 radical (unpaired) electrons. The molecule has 2 aliphatic heterocycles. The molecular weight excluding hydrogens is 296 g/mol. The van der Waals surface area contributed by atoms with E-state index in [0.717, 1.165) is 44.8 Å². The molecule has 7 heteroatoms. The SMILES string of the molecule is O=C(Cn1nc(N2CCOCC2)ccc1=O)N1CCCCCC1. The van der Waals surface area contributed by atoms with Gasteiger partial charge in [-0.2, -0.15) is 5.10 Å². The minimum Gasteiger partial charge on any atom is -0.378 e. The first-order valence-electron chi connectivity index (χ1n) is 8.43. The first-order valence-corrected chi connectivity index (χ1v) is 8.43. The lowest BCUT2D eigenvalue weighted by Gasteiger charge is -2.28. The molecule has 126 valence electrons. The van der Waals surface area contributed by atoms with Gasteiger partial charge in [0, 0.05) is 32.2 Å². The van der Waals surface area contributed by atoms with Gasteiger partial charge in [0.2, 0.25) is 5.91 Å². The second-order valence-corrected chi connectivity index (χ2v) is 6.08. The highest BCUT2D eigenvalue weighted by atomic mass is 16.5. The number of anilines is 1. The lowest BCUT2D eigenvalue weighted by atomic mass is 10.2. The monoisotopic (exact) mass is 320 g/mol. The van der Waals surface area contributed by atoms with Crippen LogP contribution in [-0.4, -0.2) is 60.0 Å². The number of hydrogen-bond donors (Lipinski definition) is 0. The van der Waals surface area contributed by atoms with E-state index in [2.05, 4.69) is 10.00 Å². The molecule has 1 aromatic rings. The van der Waals surface area contributed by atoms with Gasteiger partial charge in [0.05, 0.1) is 13.2 Å². The average Bonchev–Trinajstić information content (AvgIpc) is 2.87. The van der Waals surface area contributed by atoms with Gasteiger partial charge >= 0.3 is 0 Å². The number of rotatable bonds is 3. The Labute approximate surface area is 135 Å². The van der Waals surface area contributed by atoms with Crippen molar-refractivity contribution in [2.75, 3.05) is 44.3 Å². The summed E-state index contributed by atoms with van der Waals surface area (Å²) in [4.78, 5) is 28.4. The minimum atomic E-state index is -0.231. The topological polar surface area (TPSA) is 67.7 Å². The zero-order valence-corrected chi connectivity index (χ0v) is 13.4. The smallest absolute Gasteiger partial charge is 0.267 e. The molecule has 0 atom stereocenters. The van der Waals surface area contributed by atoms with Gasteiger partial charge in [-0.1, -0.05) is 12.8 Å². The van der Waals surface area contributed by atoms with E-state index in [1.807, 2.05) is 4.90 Å². The highest BCUT2D eigenvalue weighted by Gasteiger charge is 2.18. The number of carbonyl (C=O) groups excluding carboxylic acids is 1. The molecule has 3 rings (SSSR count). The van der Waals surface area contributed by atoms with E-state index in [9.17, 15) is 9.59 Å². The maximum atomic E-state index is 12.5. The van der Waals surface area contributed by atoms with Crippen LogP contribution >= 0.6 is 0 Å². The summed E-state index contributed by atoms with van der Waals surface area (Å²) in [5.74, 6) is 0.720. The van der Waals surface area contributed by atoms with Crippen molar-refractivity contribution in [2.24, 2.45) is 0 Å². The molecule has 2 aliphatic rings. The van der Waals surface area contributed by atoms with E-state index in [-0.39, 0.29) is 18.0 Å². The summed E-state index contributed by atoms with van der Waals surface area (Å²) in [5, 5.41) is 4.38. The van der Waals surface area contributed by atoms with E-state index in [1.165, 1.54) is 23.6 Å². The van der Waals surface area contributed by atoms with Crippen molar-refractivity contribution in [1.82, 2.24) is 14.7 Å². The van der Waals surface area contributed by atoms with Crippen LogP contribution in [0, 0.1) is 0 Å². The average molecular weight is 320 g/mol. The number of nitrogens with zero attached hydrogens (tertiary/aromatic N) is 4. The third-order valence-corrected chi connectivity index (χ3v) is 4.43. The van der Waals surface area contributed by atoms with E-state index in [4.69, 9.17) is 4.74 Å². The Morgan fingerprint density at radius 2 is 1.74 bits per heavy atom. The zero-order valence-electron chi connectivity index (χ0n) is 13.4. The van der Waals surface area contributed by atoms with Crippen LogP contribution in [0.3, 0.4) is 0 Å². The largest absolute Gasteiger partial charge is 0.378 e.